The molecule has 3 aromatic carbocycles. The Morgan fingerprint density at radius 3 is 2.37 bits per heavy atom. The van der Waals surface area contributed by atoms with Gasteiger partial charge in [0.2, 0.25) is 14.3 Å². The van der Waals surface area contributed by atoms with Crippen molar-refractivity contribution in [2.75, 3.05) is 36.1 Å². The van der Waals surface area contributed by atoms with Crippen molar-refractivity contribution in [3.05, 3.63) is 95.6 Å². The molecule has 0 radical (unpaired) electrons. The zero-order chi connectivity index (χ0) is 32.6. The highest BCUT2D eigenvalue weighted by atomic mass is 28.4. The van der Waals surface area contributed by atoms with Crippen molar-refractivity contribution in [1.29, 1.82) is 0 Å². The van der Waals surface area contributed by atoms with Gasteiger partial charge in [0.25, 0.3) is 5.91 Å². The molecule has 1 spiro atoms. The number of carbonyl (C=O) groups is 3. The van der Waals surface area contributed by atoms with E-state index in [1.807, 2.05) is 85.8 Å². The van der Waals surface area contributed by atoms with Crippen LogP contribution in [0.4, 0.5) is 20.3 Å². The van der Waals surface area contributed by atoms with Crippen LogP contribution in [-0.2, 0) is 37.8 Å². The Bertz CT molecular complexity index is 1600. The molecule has 11 heteroatoms. The van der Waals surface area contributed by atoms with Crippen LogP contribution in [0.15, 0.2) is 78.9 Å². The van der Waals surface area contributed by atoms with E-state index in [4.69, 9.17) is 9.47 Å². The molecule has 3 aliphatic rings. The molecule has 3 amide bonds. The van der Waals surface area contributed by atoms with E-state index in [9.17, 15) is 19.5 Å². The summed E-state index contributed by atoms with van der Waals surface area (Å²) in [5.74, 6) is -1.06. The molecular weight excluding hydrogens is 605 g/mol. The number of amides is 3. The van der Waals surface area contributed by atoms with Gasteiger partial charge < -0.3 is 28.5 Å². The SMILES string of the molecule is C[C@H]1[C@H]([Si](C)(C)F)[C@@H](CC(=O)N(CCO)Cc2ccccc2)O[C@]12C(=O)N(Cc1ccc(N3CCOC3=O)cc1)c1ccccc12. The fourth-order valence-electron chi connectivity index (χ4n) is 7.47. The van der Waals surface area contributed by atoms with Crippen molar-refractivity contribution in [3.8, 4) is 0 Å². The predicted octanol–water partition coefficient (Wildman–Crippen LogP) is 5.38. The first-order valence-corrected chi connectivity index (χ1v) is 18.7. The summed E-state index contributed by atoms with van der Waals surface area (Å²) in [6.07, 6.45) is -1.30. The minimum atomic E-state index is -3.47. The fourth-order valence-corrected chi connectivity index (χ4v) is 9.96. The topological polar surface area (TPSA) is 99.6 Å². The smallest absolute Gasteiger partial charge is 0.414 e. The van der Waals surface area contributed by atoms with Crippen molar-refractivity contribution in [3.63, 3.8) is 0 Å². The fraction of sp³-hybridized carbons (Fsp3) is 0.400. The maximum atomic E-state index is 16.3. The zero-order valence-electron chi connectivity index (χ0n) is 26.4. The Balaban J connectivity index is 1.28. The van der Waals surface area contributed by atoms with Gasteiger partial charge in [-0.3, -0.25) is 14.5 Å². The summed E-state index contributed by atoms with van der Waals surface area (Å²) in [6.45, 7) is 6.42. The zero-order valence-corrected chi connectivity index (χ0v) is 27.4. The van der Waals surface area contributed by atoms with E-state index in [0.717, 1.165) is 16.8 Å². The molecule has 0 unspecified atom stereocenters. The molecule has 46 heavy (non-hydrogen) atoms. The highest BCUT2D eigenvalue weighted by Crippen LogP contribution is 2.60. The second-order valence-corrected chi connectivity index (χ2v) is 16.6. The molecule has 0 bridgehead atoms. The van der Waals surface area contributed by atoms with Crippen molar-refractivity contribution in [2.24, 2.45) is 5.92 Å². The van der Waals surface area contributed by atoms with E-state index in [-0.39, 0.29) is 44.0 Å². The second kappa shape index (κ2) is 12.6. The van der Waals surface area contributed by atoms with Crippen LogP contribution in [0.3, 0.4) is 0 Å². The van der Waals surface area contributed by atoms with E-state index < -0.39 is 31.6 Å². The highest BCUT2D eigenvalue weighted by molar-refractivity contribution is 6.72. The first-order valence-electron chi connectivity index (χ1n) is 15.8. The van der Waals surface area contributed by atoms with Crippen molar-refractivity contribution >= 4 is 37.7 Å². The summed E-state index contributed by atoms with van der Waals surface area (Å²) in [5, 5.41) is 9.74. The monoisotopic (exact) mass is 645 g/mol. The quantitative estimate of drug-likeness (QED) is 0.235. The largest absolute Gasteiger partial charge is 0.447 e. The van der Waals surface area contributed by atoms with Crippen molar-refractivity contribution in [1.82, 2.24) is 4.90 Å². The number of rotatable bonds is 10. The van der Waals surface area contributed by atoms with Crippen molar-refractivity contribution in [2.45, 2.75) is 56.8 Å². The molecule has 6 rings (SSSR count). The number of halogens is 1. The van der Waals surface area contributed by atoms with Crippen LogP contribution in [0.2, 0.25) is 18.6 Å². The van der Waals surface area contributed by atoms with Gasteiger partial charge in [0.05, 0.1) is 37.9 Å². The lowest BCUT2D eigenvalue weighted by atomic mass is 9.82. The summed E-state index contributed by atoms with van der Waals surface area (Å²) < 4.78 is 28.1. The number of para-hydroxylation sites is 1. The average Bonchev–Trinajstić information content (AvgIpc) is 3.67. The number of hydrogen-bond acceptors (Lipinski definition) is 6. The van der Waals surface area contributed by atoms with E-state index in [0.29, 0.717) is 30.9 Å². The first kappa shape index (κ1) is 31.9. The van der Waals surface area contributed by atoms with Gasteiger partial charge in [-0.05, 0) is 42.4 Å². The summed E-state index contributed by atoms with van der Waals surface area (Å²) in [6, 6.07) is 24.4. The highest BCUT2D eigenvalue weighted by Gasteiger charge is 2.67. The minimum Gasteiger partial charge on any atom is -0.447 e. The summed E-state index contributed by atoms with van der Waals surface area (Å²) in [5.41, 5.74) is 1.80. The summed E-state index contributed by atoms with van der Waals surface area (Å²) in [4.78, 5) is 45.2. The Morgan fingerprint density at radius 2 is 1.72 bits per heavy atom. The minimum absolute atomic E-state index is 0.0974. The molecule has 2 fully saturated rings. The van der Waals surface area contributed by atoms with Gasteiger partial charge in [-0.2, -0.15) is 0 Å². The third kappa shape index (κ3) is 5.71. The number of fused-ring (bicyclic) bond motifs is 2. The molecule has 3 aliphatic heterocycles. The Morgan fingerprint density at radius 1 is 1.02 bits per heavy atom. The number of hydrogen-bond donors (Lipinski definition) is 1. The van der Waals surface area contributed by atoms with E-state index >= 15 is 4.11 Å². The van der Waals surface area contributed by atoms with Gasteiger partial charge >= 0.3 is 6.09 Å². The van der Waals surface area contributed by atoms with Gasteiger partial charge in [0, 0.05) is 35.8 Å². The van der Waals surface area contributed by atoms with Crippen LogP contribution in [0.5, 0.6) is 0 Å². The molecule has 0 saturated carbocycles. The lowest BCUT2D eigenvalue weighted by Crippen LogP contribution is -2.45. The number of carbonyl (C=O) groups excluding carboxylic acids is 3. The van der Waals surface area contributed by atoms with Crippen LogP contribution in [-0.4, -0.2) is 68.7 Å². The average molecular weight is 646 g/mol. The van der Waals surface area contributed by atoms with Crippen LogP contribution in [0.25, 0.3) is 0 Å². The van der Waals surface area contributed by atoms with E-state index in [1.54, 1.807) is 27.8 Å². The maximum Gasteiger partial charge on any atom is 0.414 e. The lowest BCUT2D eigenvalue weighted by molar-refractivity contribution is -0.150. The molecule has 3 aromatic rings. The van der Waals surface area contributed by atoms with E-state index in [2.05, 4.69) is 0 Å². The third-order valence-electron chi connectivity index (χ3n) is 9.53. The molecule has 3 heterocycles. The molecule has 2 saturated heterocycles. The number of ether oxygens (including phenoxy) is 2. The Kier molecular flexibility index (Phi) is 8.75. The molecule has 0 aliphatic carbocycles. The number of anilines is 2. The van der Waals surface area contributed by atoms with Gasteiger partial charge in [0.1, 0.15) is 6.61 Å². The third-order valence-corrected chi connectivity index (χ3v) is 12.0. The van der Waals surface area contributed by atoms with E-state index in [1.165, 1.54) is 0 Å². The standard InChI is InChI=1S/C35H40FN3O6Si/c1-24-32(46(2,3)36)30(21-31(41)37(17-19-40)22-25-9-5-4-6-10-25)45-35(24)28-11-7-8-12-29(28)39(33(35)42)23-26-13-15-27(16-14-26)38-18-20-44-34(38)43/h4-16,24,30,32,40H,17-23H2,1-3H3/t24-,30+,32-,35+/m0/s1. The van der Waals surface area contributed by atoms with Gasteiger partial charge in [-0.1, -0.05) is 67.6 Å². The normalized spacial score (nSPS) is 24.1. The van der Waals surface area contributed by atoms with Crippen LogP contribution < -0.4 is 9.80 Å². The number of aliphatic hydroxyl groups is 1. The number of cyclic esters (lactones) is 1. The molecule has 0 aromatic heterocycles. The lowest BCUT2D eigenvalue weighted by Gasteiger charge is -2.31. The van der Waals surface area contributed by atoms with Crippen LogP contribution in [0.1, 0.15) is 30.0 Å². The number of nitrogens with zero attached hydrogens (tertiary/aromatic N) is 3. The molecular formula is C35H40FN3O6Si. The Labute approximate surface area is 269 Å². The second-order valence-electron chi connectivity index (χ2n) is 12.8. The number of benzene rings is 3. The molecule has 242 valence electrons. The number of aliphatic hydroxyl groups excluding tert-OH is 1. The summed E-state index contributed by atoms with van der Waals surface area (Å²) in [7, 11) is -3.47. The molecule has 4 atom stereocenters. The first-order chi connectivity index (χ1) is 22.0. The van der Waals surface area contributed by atoms with Gasteiger partial charge in [-0.15, -0.1) is 0 Å². The summed E-state index contributed by atoms with van der Waals surface area (Å²) >= 11 is 0. The van der Waals surface area contributed by atoms with Gasteiger partial charge in [0.15, 0.2) is 5.60 Å². The van der Waals surface area contributed by atoms with Gasteiger partial charge in [-0.25, -0.2) is 4.79 Å². The van der Waals surface area contributed by atoms with Crippen molar-refractivity contribution < 1.29 is 33.1 Å². The Hall–Kier alpha value is -4.06. The predicted molar refractivity (Wildman–Crippen MR) is 174 cm³/mol. The molecule has 1 N–H and O–H groups in total. The molecule has 9 nitrogen and oxygen atoms in total. The van der Waals surface area contributed by atoms with Crippen LogP contribution >= 0.6 is 0 Å². The van der Waals surface area contributed by atoms with Crippen LogP contribution in [0, 0.1) is 5.92 Å². The maximum absolute atomic E-state index is 16.3.